The number of hydrogen-bond acceptors (Lipinski definition) is 3. The highest BCUT2D eigenvalue weighted by Crippen LogP contribution is 2.39. The Morgan fingerprint density at radius 3 is 2.90 bits per heavy atom. The molecule has 1 amide bonds. The summed E-state index contributed by atoms with van der Waals surface area (Å²) in [5.41, 5.74) is -0.466. The van der Waals surface area contributed by atoms with Crippen molar-refractivity contribution in [1.29, 1.82) is 0 Å². The molecule has 2 saturated heterocycles. The van der Waals surface area contributed by atoms with Gasteiger partial charge < -0.3 is 15.3 Å². The number of fused-ring (bicyclic) bond motifs is 1. The lowest BCUT2D eigenvalue weighted by molar-refractivity contribution is -0.130. The molecule has 0 bridgehead atoms. The number of amides is 1. The molecular weight excluding hydrogens is 275 g/mol. The number of hydrogen-bond donors (Lipinski definition) is 2. The van der Waals surface area contributed by atoms with Crippen molar-refractivity contribution in [2.24, 2.45) is 5.92 Å². The Kier molecular flexibility index (Phi) is 3.20. The summed E-state index contributed by atoms with van der Waals surface area (Å²) in [5.74, 6) is -1.86. The summed E-state index contributed by atoms with van der Waals surface area (Å²) in [6.07, 6.45) is 0.194. The molecule has 0 aliphatic carbocycles. The van der Waals surface area contributed by atoms with Crippen LogP contribution in [-0.4, -0.2) is 42.3 Å². The van der Waals surface area contributed by atoms with Gasteiger partial charge in [0, 0.05) is 31.1 Å². The Hall–Kier alpha value is -1.95. The van der Waals surface area contributed by atoms with Gasteiger partial charge in [-0.1, -0.05) is 0 Å². The Bertz CT molecular complexity index is 619. The van der Waals surface area contributed by atoms with E-state index in [0.29, 0.717) is 30.9 Å². The number of anilines is 1. The third-order valence-corrected chi connectivity index (χ3v) is 4.46. The predicted molar refractivity (Wildman–Crippen MR) is 75.3 cm³/mol. The Morgan fingerprint density at radius 2 is 2.29 bits per heavy atom. The zero-order valence-corrected chi connectivity index (χ0v) is 11.7. The van der Waals surface area contributed by atoms with Gasteiger partial charge in [-0.15, -0.1) is 0 Å². The van der Waals surface area contributed by atoms with Gasteiger partial charge in [-0.25, -0.2) is 9.18 Å². The van der Waals surface area contributed by atoms with Crippen molar-refractivity contribution in [2.75, 3.05) is 24.5 Å². The summed E-state index contributed by atoms with van der Waals surface area (Å²) in [5, 5.41) is 12.1. The van der Waals surface area contributed by atoms with E-state index in [1.54, 1.807) is 19.1 Å². The van der Waals surface area contributed by atoms with Gasteiger partial charge in [-0.05, 0) is 37.2 Å². The van der Waals surface area contributed by atoms with Gasteiger partial charge in [-0.2, -0.15) is 0 Å². The minimum atomic E-state index is -1.79. The number of carboxylic acid groups (broad SMARTS) is 1. The number of aryl methyl sites for hydroxylation is 1. The first-order chi connectivity index (χ1) is 9.93. The van der Waals surface area contributed by atoms with E-state index in [4.69, 9.17) is 5.11 Å². The molecule has 2 heterocycles. The molecule has 1 aromatic carbocycles. The number of carbonyl (C=O) groups excluding carboxylic acids is 1. The molecule has 3 rings (SSSR count). The number of piperidine rings is 1. The minimum Gasteiger partial charge on any atom is -0.478 e. The maximum Gasteiger partial charge on any atom is 0.335 e. The molecule has 2 fully saturated rings. The van der Waals surface area contributed by atoms with Gasteiger partial charge >= 0.3 is 5.97 Å². The summed E-state index contributed by atoms with van der Waals surface area (Å²) in [7, 11) is 0. The fourth-order valence-corrected chi connectivity index (χ4v) is 3.21. The molecule has 5 nitrogen and oxygen atoms in total. The van der Waals surface area contributed by atoms with Crippen molar-refractivity contribution in [1.82, 2.24) is 5.32 Å². The summed E-state index contributed by atoms with van der Waals surface area (Å²) >= 11 is 0. The van der Waals surface area contributed by atoms with E-state index in [2.05, 4.69) is 5.32 Å². The third-order valence-electron chi connectivity index (χ3n) is 4.46. The SMILES string of the molecule is Cc1cc(N2C[C@@H]3CNCC[C@]3(F)C2=O)ccc1C(=O)O. The number of benzene rings is 1. The molecule has 21 heavy (non-hydrogen) atoms. The van der Waals surface area contributed by atoms with E-state index in [0.717, 1.165) is 0 Å². The molecule has 0 saturated carbocycles. The molecule has 1 aromatic rings. The highest BCUT2D eigenvalue weighted by molar-refractivity contribution is 6.03. The molecule has 2 aliphatic heterocycles. The predicted octanol–water partition coefficient (Wildman–Crippen LogP) is 1.36. The molecule has 6 heteroatoms. The fourth-order valence-electron chi connectivity index (χ4n) is 3.21. The second-order valence-electron chi connectivity index (χ2n) is 5.73. The van der Waals surface area contributed by atoms with Crippen LogP contribution in [0.4, 0.5) is 10.1 Å². The maximum absolute atomic E-state index is 14.9. The van der Waals surface area contributed by atoms with E-state index in [9.17, 15) is 14.0 Å². The van der Waals surface area contributed by atoms with Crippen LogP contribution in [0.25, 0.3) is 0 Å². The normalized spacial score (nSPS) is 28.6. The van der Waals surface area contributed by atoms with Crippen LogP contribution in [-0.2, 0) is 4.79 Å². The highest BCUT2D eigenvalue weighted by Gasteiger charge is 2.56. The van der Waals surface area contributed by atoms with Gasteiger partial charge in [0.2, 0.25) is 0 Å². The van der Waals surface area contributed by atoms with Crippen LogP contribution in [0, 0.1) is 12.8 Å². The number of carbonyl (C=O) groups is 2. The van der Waals surface area contributed by atoms with Crippen LogP contribution in [0.3, 0.4) is 0 Å². The highest BCUT2D eigenvalue weighted by atomic mass is 19.1. The first-order valence-corrected chi connectivity index (χ1v) is 6.99. The first kappa shape index (κ1) is 14.0. The average Bonchev–Trinajstić information content (AvgIpc) is 2.71. The number of carboxylic acids is 1. The van der Waals surface area contributed by atoms with Gasteiger partial charge in [0.15, 0.2) is 5.67 Å². The number of halogens is 1. The van der Waals surface area contributed by atoms with Gasteiger partial charge in [0.25, 0.3) is 5.91 Å². The van der Waals surface area contributed by atoms with E-state index in [1.807, 2.05) is 0 Å². The molecule has 0 aromatic heterocycles. The summed E-state index contributed by atoms with van der Waals surface area (Å²) < 4.78 is 14.9. The zero-order valence-electron chi connectivity index (χ0n) is 11.7. The van der Waals surface area contributed by atoms with Crippen LogP contribution in [0.1, 0.15) is 22.3 Å². The Labute approximate surface area is 121 Å². The number of alkyl halides is 1. The van der Waals surface area contributed by atoms with Crippen LogP contribution in [0.15, 0.2) is 18.2 Å². The van der Waals surface area contributed by atoms with Gasteiger partial charge in [-0.3, -0.25) is 4.79 Å². The van der Waals surface area contributed by atoms with Crippen molar-refractivity contribution in [3.63, 3.8) is 0 Å². The summed E-state index contributed by atoms with van der Waals surface area (Å²) in [6, 6.07) is 4.67. The van der Waals surface area contributed by atoms with E-state index < -0.39 is 17.5 Å². The average molecular weight is 292 g/mol. The second-order valence-corrected chi connectivity index (χ2v) is 5.73. The number of nitrogens with zero attached hydrogens (tertiary/aromatic N) is 1. The Balaban J connectivity index is 1.93. The number of rotatable bonds is 2. The van der Waals surface area contributed by atoms with Gasteiger partial charge in [0.05, 0.1) is 5.56 Å². The number of aromatic carboxylic acids is 1. The molecule has 2 aliphatic rings. The van der Waals surface area contributed by atoms with Crippen molar-refractivity contribution >= 4 is 17.6 Å². The smallest absolute Gasteiger partial charge is 0.335 e. The fraction of sp³-hybridized carbons (Fsp3) is 0.467. The first-order valence-electron chi connectivity index (χ1n) is 6.99. The number of nitrogens with one attached hydrogen (secondary N) is 1. The molecule has 2 N–H and O–H groups in total. The monoisotopic (exact) mass is 292 g/mol. The topological polar surface area (TPSA) is 69.6 Å². The summed E-state index contributed by atoms with van der Waals surface area (Å²) in [6.45, 7) is 3.00. The standard InChI is InChI=1S/C15H17FN2O3/c1-9-6-11(2-3-12(9)13(19)20)18-8-10-7-17-5-4-15(10,16)14(18)21/h2-3,6,10,17H,4-5,7-8H2,1H3,(H,19,20)/t10-,15+/m0/s1. The largest absolute Gasteiger partial charge is 0.478 e. The van der Waals surface area contributed by atoms with Crippen molar-refractivity contribution < 1.29 is 19.1 Å². The van der Waals surface area contributed by atoms with Crippen molar-refractivity contribution in [2.45, 2.75) is 19.0 Å². The van der Waals surface area contributed by atoms with E-state index in [1.165, 1.54) is 11.0 Å². The lowest BCUT2D eigenvalue weighted by Crippen LogP contribution is -2.49. The minimum absolute atomic E-state index is 0.194. The lowest BCUT2D eigenvalue weighted by Gasteiger charge is -2.29. The quantitative estimate of drug-likeness (QED) is 0.863. The van der Waals surface area contributed by atoms with Crippen LogP contribution < -0.4 is 10.2 Å². The van der Waals surface area contributed by atoms with E-state index in [-0.39, 0.29) is 17.9 Å². The molecule has 112 valence electrons. The van der Waals surface area contributed by atoms with Crippen LogP contribution in [0.2, 0.25) is 0 Å². The second kappa shape index (κ2) is 4.80. The molecule has 0 spiro atoms. The van der Waals surface area contributed by atoms with Crippen LogP contribution in [0.5, 0.6) is 0 Å². The molecule has 0 radical (unpaired) electrons. The molecular formula is C15H17FN2O3. The third kappa shape index (κ3) is 2.10. The maximum atomic E-state index is 14.9. The van der Waals surface area contributed by atoms with Crippen molar-refractivity contribution in [3.05, 3.63) is 29.3 Å². The zero-order chi connectivity index (χ0) is 15.2. The van der Waals surface area contributed by atoms with E-state index >= 15 is 0 Å². The Morgan fingerprint density at radius 1 is 1.52 bits per heavy atom. The van der Waals surface area contributed by atoms with Crippen LogP contribution >= 0.6 is 0 Å². The molecule has 0 unspecified atom stereocenters. The van der Waals surface area contributed by atoms with Crippen molar-refractivity contribution in [3.8, 4) is 0 Å². The lowest BCUT2D eigenvalue weighted by atomic mass is 9.86. The molecule has 2 atom stereocenters. The summed E-state index contributed by atoms with van der Waals surface area (Å²) in [4.78, 5) is 24.9. The van der Waals surface area contributed by atoms with Gasteiger partial charge in [0.1, 0.15) is 0 Å².